The lowest BCUT2D eigenvalue weighted by Crippen LogP contribution is -2.37. The SMILES string of the molecule is Cc1ccc(C(=O)NC2CC2)cc1NC(=O)NCC(c1ccc(F)cc1)N(C)C. The molecule has 1 aliphatic carbocycles. The second kappa shape index (κ2) is 9.05. The van der Waals surface area contributed by atoms with Crippen LogP contribution in [0.4, 0.5) is 14.9 Å². The number of hydrogen-bond donors (Lipinski definition) is 3. The van der Waals surface area contributed by atoms with Crippen LogP contribution in [0.15, 0.2) is 42.5 Å². The van der Waals surface area contributed by atoms with E-state index in [2.05, 4.69) is 16.0 Å². The van der Waals surface area contributed by atoms with Gasteiger partial charge in [0.15, 0.2) is 0 Å². The lowest BCUT2D eigenvalue weighted by atomic mass is 10.1. The largest absolute Gasteiger partial charge is 0.349 e. The molecule has 0 aromatic heterocycles. The van der Waals surface area contributed by atoms with E-state index in [0.717, 1.165) is 24.0 Å². The first kappa shape index (κ1) is 20.8. The van der Waals surface area contributed by atoms with Gasteiger partial charge < -0.3 is 20.9 Å². The topological polar surface area (TPSA) is 73.5 Å². The van der Waals surface area contributed by atoms with Crippen molar-refractivity contribution < 1.29 is 14.0 Å². The highest BCUT2D eigenvalue weighted by atomic mass is 19.1. The van der Waals surface area contributed by atoms with Gasteiger partial charge in [0.25, 0.3) is 5.91 Å². The number of nitrogens with one attached hydrogen (secondary N) is 3. The van der Waals surface area contributed by atoms with Crippen LogP contribution in [0.5, 0.6) is 0 Å². The minimum absolute atomic E-state index is 0.0990. The summed E-state index contributed by atoms with van der Waals surface area (Å²) in [6.45, 7) is 2.23. The average Bonchev–Trinajstić information content (AvgIpc) is 3.48. The molecule has 0 radical (unpaired) electrons. The third-order valence-corrected chi connectivity index (χ3v) is 4.99. The van der Waals surface area contributed by atoms with Crippen LogP contribution in [0.25, 0.3) is 0 Å². The summed E-state index contributed by atoms with van der Waals surface area (Å²) < 4.78 is 13.2. The maximum Gasteiger partial charge on any atom is 0.319 e. The van der Waals surface area contributed by atoms with Gasteiger partial charge in [0.05, 0.1) is 6.04 Å². The molecule has 3 amide bonds. The van der Waals surface area contributed by atoms with Crippen LogP contribution in [-0.2, 0) is 0 Å². The van der Waals surface area contributed by atoms with Gasteiger partial charge in [-0.1, -0.05) is 18.2 Å². The predicted octanol–water partition coefficient (Wildman–Crippen LogP) is 3.45. The molecule has 29 heavy (non-hydrogen) atoms. The summed E-state index contributed by atoms with van der Waals surface area (Å²) in [5.41, 5.74) is 2.89. The smallest absolute Gasteiger partial charge is 0.319 e. The second-order valence-corrected chi connectivity index (χ2v) is 7.64. The molecule has 7 heteroatoms. The highest BCUT2D eigenvalue weighted by molar-refractivity contribution is 5.97. The molecule has 1 aliphatic rings. The van der Waals surface area contributed by atoms with E-state index >= 15 is 0 Å². The standard InChI is InChI=1S/C22H27FN4O2/c1-14-4-5-16(21(28)25-18-10-11-18)12-19(14)26-22(29)24-13-20(27(2)3)15-6-8-17(23)9-7-15/h4-9,12,18,20H,10-11,13H2,1-3H3,(H,25,28)(H2,24,26,29). The third-order valence-electron chi connectivity index (χ3n) is 4.99. The molecule has 3 N–H and O–H groups in total. The summed E-state index contributed by atoms with van der Waals surface area (Å²) in [5.74, 6) is -0.419. The Morgan fingerprint density at radius 3 is 2.45 bits per heavy atom. The third kappa shape index (κ3) is 5.77. The number of anilines is 1. The fourth-order valence-corrected chi connectivity index (χ4v) is 3.03. The summed E-state index contributed by atoms with van der Waals surface area (Å²) in [4.78, 5) is 26.6. The highest BCUT2D eigenvalue weighted by Crippen LogP contribution is 2.22. The van der Waals surface area contributed by atoms with E-state index in [1.54, 1.807) is 24.3 Å². The molecule has 3 rings (SSSR count). The molecule has 1 unspecified atom stereocenters. The molecule has 0 aliphatic heterocycles. The van der Waals surface area contributed by atoms with Crippen molar-refractivity contribution >= 4 is 17.6 Å². The number of nitrogens with zero attached hydrogens (tertiary/aromatic N) is 1. The molecule has 1 fully saturated rings. The normalized spacial score (nSPS) is 14.4. The minimum Gasteiger partial charge on any atom is -0.349 e. The van der Waals surface area contributed by atoms with Crippen molar-refractivity contribution in [3.63, 3.8) is 0 Å². The second-order valence-electron chi connectivity index (χ2n) is 7.64. The maximum absolute atomic E-state index is 13.2. The molecule has 0 heterocycles. The number of halogens is 1. The van der Waals surface area contributed by atoms with E-state index in [9.17, 15) is 14.0 Å². The molecule has 0 saturated heterocycles. The predicted molar refractivity (Wildman–Crippen MR) is 112 cm³/mol. The summed E-state index contributed by atoms with van der Waals surface area (Å²) >= 11 is 0. The van der Waals surface area contributed by atoms with Gasteiger partial charge in [-0.05, 0) is 69.3 Å². The molecule has 0 spiro atoms. The fourth-order valence-electron chi connectivity index (χ4n) is 3.03. The number of hydrogen-bond acceptors (Lipinski definition) is 3. The number of carbonyl (C=O) groups is 2. The van der Waals surface area contributed by atoms with Gasteiger partial charge in [-0.2, -0.15) is 0 Å². The zero-order chi connectivity index (χ0) is 21.0. The van der Waals surface area contributed by atoms with Crippen LogP contribution >= 0.6 is 0 Å². The Labute approximate surface area is 170 Å². The molecular weight excluding hydrogens is 371 g/mol. The number of urea groups is 1. The summed E-state index contributed by atoms with van der Waals surface area (Å²) in [6.07, 6.45) is 2.04. The van der Waals surface area contributed by atoms with Crippen molar-refractivity contribution in [1.82, 2.24) is 15.5 Å². The van der Waals surface area contributed by atoms with E-state index in [1.807, 2.05) is 32.0 Å². The lowest BCUT2D eigenvalue weighted by molar-refractivity contribution is 0.0951. The fraction of sp³-hybridized carbons (Fsp3) is 0.364. The number of amides is 3. The molecule has 2 aromatic carbocycles. The van der Waals surface area contributed by atoms with Crippen LogP contribution in [0.1, 0.15) is 40.4 Å². The van der Waals surface area contributed by atoms with Crippen LogP contribution < -0.4 is 16.0 Å². The van der Waals surface area contributed by atoms with Gasteiger partial charge in [0.1, 0.15) is 5.82 Å². The number of likely N-dealkylation sites (N-methyl/N-ethyl adjacent to an activating group) is 1. The van der Waals surface area contributed by atoms with Crippen molar-refractivity contribution in [1.29, 1.82) is 0 Å². The number of aryl methyl sites for hydroxylation is 1. The first-order valence-electron chi connectivity index (χ1n) is 9.71. The average molecular weight is 398 g/mol. The summed E-state index contributed by atoms with van der Waals surface area (Å²) in [7, 11) is 3.80. The van der Waals surface area contributed by atoms with Crippen molar-refractivity contribution in [2.24, 2.45) is 0 Å². The van der Waals surface area contributed by atoms with Gasteiger partial charge in [-0.25, -0.2) is 9.18 Å². The Hall–Kier alpha value is -2.93. The van der Waals surface area contributed by atoms with E-state index in [4.69, 9.17) is 0 Å². The summed E-state index contributed by atoms with van der Waals surface area (Å²) in [6, 6.07) is 11.3. The number of rotatable bonds is 7. The van der Waals surface area contributed by atoms with Gasteiger partial charge in [-0.3, -0.25) is 4.79 Å². The molecular formula is C22H27FN4O2. The Morgan fingerprint density at radius 1 is 1.14 bits per heavy atom. The molecule has 1 atom stereocenters. The Balaban J connectivity index is 1.61. The van der Waals surface area contributed by atoms with Gasteiger partial charge in [0.2, 0.25) is 0 Å². The van der Waals surface area contributed by atoms with Gasteiger partial charge >= 0.3 is 6.03 Å². The zero-order valence-corrected chi connectivity index (χ0v) is 17.0. The van der Waals surface area contributed by atoms with E-state index in [-0.39, 0.29) is 29.8 Å². The molecule has 2 aromatic rings. The van der Waals surface area contributed by atoms with E-state index < -0.39 is 0 Å². The minimum atomic E-state index is -0.359. The molecule has 154 valence electrons. The monoisotopic (exact) mass is 398 g/mol. The first-order valence-corrected chi connectivity index (χ1v) is 9.71. The van der Waals surface area contributed by atoms with Gasteiger partial charge in [-0.15, -0.1) is 0 Å². The quantitative estimate of drug-likeness (QED) is 0.669. The summed E-state index contributed by atoms with van der Waals surface area (Å²) in [5, 5.41) is 8.62. The zero-order valence-electron chi connectivity index (χ0n) is 17.0. The van der Waals surface area contributed by atoms with Crippen molar-refractivity contribution in [3.05, 3.63) is 65.0 Å². The Kier molecular flexibility index (Phi) is 6.49. The van der Waals surface area contributed by atoms with Gasteiger partial charge in [0, 0.05) is 23.8 Å². The number of carbonyl (C=O) groups excluding carboxylic acids is 2. The van der Waals surface area contributed by atoms with Crippen molar-refractivity contribution in [2.45, 2.75) is 31.8 Å². The van der Waals surface area contributed by atoms with Crippen LogP contribution in [0, 0.1) is 12.7 Å². The molecule has 6 nitrogen and oxygen atoms in total. The van der Waals surface area contributed by atoms with Crippen LogP contribution in [-0.4, -0.2) is 43.5 Å². The van der Waals surface area contributed by atoms with E-state index in [1.165, 1.54) is 12.1 Å². The van der Waals surface area contributed by atoms with Crippen LogP contribution in [0.2, 0.25) is 0 Å². The van der Waals surface area contributed by atoms with Crippen LogP contribution in [0.3, 0.4) is 0 Å². The Morgan fingerprint density at radius 2 is 1.83 bits per heavy atom. The van der Waals surface area contributed by atoms with Crippen molar-refractivity contribution in [3.8, 4) is 0 Å². The highest BCUT2D eigenvalue weighted by Gasteiger charge is 2.24. The molecule has 0 bridgehead atoms. The van der Waals surface area contributed by atoms with Crippen molar-refractivity contribution in [2.75, 3.05) is 26.0 Å². The molecule has 1 saturated carbocycles. The first-order chi connectivity index (χ1) is 13.8. The maximum atomic E-state index is 13.2. The van der Waals surface area contributed by atoms with E-state index in [0.29, 0.717) is 17.8 Å². The number of benzene rings is 2. The Bertz CT molecular complexity index is 879. The lowest BCUT2D eigenvalue weighted by Gasteiger charge is -2.25.